The second-order valence-electron chi connectivity index (χ2n) is 4.02. The standard InChI is InChI=1S/C10H14N4O5S/c1-4-18-8(17)10(2,3)19-13-5(7(15)16)6-12-9(11)20-14-6/h4H2,1-3H3,(H,15,16)(H2,11,12,14). The third-order valence-electron chi connectivity index (χ3n) is 1.99. The van der Waals surface area contributed by atoms with Gasteiger partial charge < -0.3 is 20.4 Å². The fourth-order valence-electron chi connectivity index (χ4n) is 1.01. The Morgan fingerprint density at radius 2 is 2.15 bits per heavy atom. The number of carbonyl (C=O) groups excluding carboxylic acids is 1. The number of esters is 1. The van der Waals surface area contributed by atoms with Crippen molar-refractivity contribution in [2.24, 2.45) is 5.16 Å². The molecule has 1 heterocycles. The van der Waals surface area contributed by atoms with Crippen molar-refractivity contribution in [3.8, 4) is 0 Å². The fraction of sp³-hybridized carbons (Fsp3) is 0.500. The number of rotatable bonds is 6. The van der Waals surface area contributed by atoms with Crippen LogP contribution in [0.4, 0.5) is 5.13 Å². The van der Waals surface area contributed by atoms with Crippen LogP contribution in [0.15, 0.2) is 5.16 Å². The molecule has 0 atom stereocenters. The SMILES string of the molecule is CCOC(=O)C(C)(C)ON=C(C(=O)O)c1nsc(N)n1. The fourth-order valence-corrected chi connectivity index (χ4v) is 1.44. The van der Waals surface area contributed by atoms with E-state index in [4.69, 9.17) is 20.4 Å². The first-order valence-corrected chi connectivity index (χ1v) is 6.31. The van der Waals surface area contributed by atoms with Gasteiger partial charge in [0.2, 0.25) is 17.1 Å². The zero-order valence-electron chi connectivity index (χ0n) is 11.1. The van der Waals surface area contributed by atoms with Crippen molar-refractivity contribution >= 4 is 34.3 Å². The molecule has 1 aromatic heterocycles. The van der Waals surface area contributed by atoms with Gasteiger partial charge in [-0.05, 0) is 20.8 Å². The van der Waals surface area contributed by atoms with Crippen molar-refractivity contribution in [1.82, 2.24) is 9.36 Å². The smallest absolute Gasteiger partial charge is 0.362 e. The molecule has 0 bridgehead atoms. The second kappa shape index (κ2) is 6.28. The maximum atomic E-state index is 11.6. The van der Waals surface area contributed by atoms with Gasteiger partial charge in [-0.1, -0.05) is 5.16 Å². The van der Waals surface area contributed by atoms with Gasteiger partial charge in [0.05, 0.1) is 6.61 Å². The molecule has 0 saturated heterocycles. The summed E-state index contributed by atoms with van der Waals surface area (Å²) in [6.45, 7) is 4.61. The quantitative estimate of drug-likeness (QED) is 0.434. The Morgan fingerprint density at radius 1 is 1.50 bits per heavy atom. The molecule has 0 aliphatic rings. The van der Waals surface area contributed by atoms with E-state index in [0.29, 0.717) is 0 Å². The monoisotopic (exact) mass is 302 g/mol. The number of aromatic nitrogens is 2. The molecule has 3 N–H and O–H groups in total. The van der Waals surface area contributed by atoms with Crippen LogP contribution in [0.1, 0.15) is 26.6 Å². The number of nitrogen functional groups attached to an aromatic ring is 1. The van der Waals surface area contributed by atoms with Crippen molar-refractivity contribution in [1.29, 1.82) is 0 Å². The highest BCUT2D eigenvalue weighted by molar-refractivity contribution is 7.09. The minimum absolute atomic E-state index is 0.0959. The summed E-state index contributed by atoms with van der Waals surface area (Å²) >= 11 is 0.823. The van der Waals surface area contributed by atoms with Crippen LogP contribution in [0, 0.1) is 0 Å². The molecule has 0 spiro atoms. The van der Waals surface area contributed by atoms with E-state index in [-0.39, 0.29) is 17.6 Å². The summed E-state index contributed by atoms with van der Waals surface area (Å²) in [7, 11) is 0. The largest absolute Gasteiger partial charge is 0.476 e. The summed E-state index contributed by atoms with van der Waals surface area (Å²) in [6, 6.07) is 0. The zero-order chi connectivity index (χ0) is 15.3. The van der Waals surface area contributed by atoms with Crippen LogP contribution >= 0.6 is 11.5 Å². The molecule has 20 heavy (non-hydrogen) atoms. The first-order valence-electron chi connectivity index (χ1n) is 5.54. The Labute approximate surface area is 118 Å². The third-order valence-corrected chi connectivity index (χ3v) is 2.53. The molecule has 1 aromatic rings. The summed E-state index contributed by atoms with van der Waals surface area (Å²) in [6.07, 6.45) is 0. The molecule has 0 saturated carbocycles. The number of carboxylic acid groups (broad SMARTS) is 1. The van der Waals surface area contributed by atoms with Crippen molar-refractivity contribution in [3.63, 3.8) is 0 Å². The predicted molar refractivity (Wildman–Crippen MR) is 70.3 cm³/mol. The van der Waals surface area contributed by atoms with Crippen LogP contribution in [0.3, 0.4) is 0 Å². The molecular weight excluding hydrogens is 288 g/mol. The first-order chi connectivity index (χ1) is 9.27. The predicted octanol–water partition coefficient (Wildman–Crippen LogP) is 0.267. The van der Waals surface area contributed by atoms with Gasteiger partial charge in [0.15, 0.2) is 5.13 Å². The van der Waals surface area contributed by atoms with Crippen molar-refractivity contribution in [2.75, 3.05) is 12.3 Å². The van der Waals surface area contributed by atoms with Crippen molar-refractivity contribution in [3.05, 3.63) is 5.82 Å². The molecule has 110 valence electrons. The van der Waals surface area contributed by atoms with Crippen LogP contribution in [-0.4, -0.2) is 44.3 Å². The number of nitrogens with two attached hydrogens (primary N) is 1. The molecule has 0 aliphatic heterocycles. The zero-order valence-corrected chi connectivity index (χ0v) is 11.9. The first kappa shape index (κ1) is 15.8. The molecule has 10 heteroatoms. The summed E-state index contributed by atoms with van der Waals surface area (Å²) < 4.78 is 8.50. The molecule has 1 rings (SSSR count). The lowest BCUT2D eigenvalue weighted by atomic mass is 10.1. The van der Waals surface area contributed by atoms with Gasteiger partial charge in [-0.2, -0.15) is 9.36 Å². The van der Waals surface area contributed by atoms with Gasteiger partial charge in [0, 0.05) is 11.5 Å². The molecule has 9 nitrogen and oxygen atoms in total. The highest BCUT2D eigenvalue weighted by atomic mass is 32.1. The number of ether oxygens (including phenoxy) is 1. The normalized spacial score (nSPS) is 12.1. The number of hydrogen-bond acceptors (Lipinski definition) is 9. The number of oxime groups is 1. The summed E-state index contributed by atoms with van der Waals surface area (Å²) in [5.74, 6) is -2.25. The number of anilines is 1. The Kier molecular flexibility index (Phi) is 4.97. The van der Waals surface area contributed by atoms with Gasteiger partial charge in [-0.25, -0.2) is 9.59 Å². The summed E-state index contributed by atoms with van der Waals surface area (Å²) in [5, 5.41) is 12.6. The average Bonchev–Trinajstić information content (AvgIpc) is 2.75. The number of hydrogen-bond donors (Lipinski definition) is 2. The third kappa shape index (κ3) is 3.88. The highest BCUT2D eigenvalue weighted by Gasteiger charge is 2.33. The summed E-state index contributed by atoms with van der Waals surface area (Å²) in [5.41, 5.74) is 3.39. The van der Waals surface area contributed by atoms with Crippen LogP contribution in [0.25, 0.3) is 0 Å². The molecule has 0 aromatic carbocycles. The van der Waals surface area contributed by atoms with E-state index in [2.05, 4.69) is 14.5 Å². The van der Waals surface area contributed by atoms with Gasteiger partial charge in [0.25, 0.3) is 0 Å². The lowest BCUT2D eigenvalue weighted by Crippen LogP contribution is -2.36. The minimum Gasteiger partial charge on any atom is -0.476 e. The maximum Gasteiger partial charge on any atom is 0.362 e. The number of aliphatic carboxylic acids is 1. The van der Waals surface area contributed by atoms with E-state index in [9.17, 15) is 9.59 Å². The maximum absolute atomic E-state index is 11.6. The Balaban J connectivity index is 2.94. The van der Waals surface area contributed by atoms with E-state index >= 15 is 0 Å². The van der Waals surface area contributed by atoms with E-state index < -0.39 is 23.3 Å². The second-order valence-corrected chi connectivity index (χ2v) is 4.81. The lowest BCUT2D eigenvalue weighted by molar-refractivity contribution is -0.167. The average molecular weight is 302 g/mol. The minimum atomic E-state index is -1.43. The molecule has 0 amide bonds. The van der Waals surface area contributed by atoms with Crippen molar-refractivity contribution < 1.29 is 24.3 Å². The van der Waals surface area contributed by atoms with Crippen LogP contribution in [0.5, 0.6) is 0 Å². The lowest BCUT2D eigenvalue weighted by Gasteiger charge is -2.19. The van der Waals surface area contributed by atoms with Crippen LogP contribution in [-0.2, 0) is 19.2 Å². The van der Waals surface area contributed by atoms with E-state index in [1.807, 2.05) is 0 Å². The highest BCUT2D eigenvalue weighted by Crippen LogP contribution is 2.14. The number of carboxylic acids is 1. The number of nitrogens with zero attached hydrogens (tertiary/aromatic N) is 3. The Bertz CT molecular complexity index is 540. The molecule has 0 radical (unpaired) electrons. The van der Waals surface area contributed by atoms with E-state index in [1.165, 1.54) is 13.8 Å². The Hall–Kier alpha value is -2.23. The molecule has 0 fully saturated rings. The topological polar surface area (TPSA) is 137 Å². The van der Waals surface area contributed by atoms with E-state index in [1.54, 1.807) is 6.92 Å². The Morgan fingerprint density at radius 3 is 2.60 bits per heavy atom. The van der Waals surface area contributed by atoms with Crippen LogP contribution in [0.2, 0.25) is 0 Å². The van der Waals surface area contributed by atoms with Gasteiger partial charge >= 0.3 is 11.9 Å². The van der Waals surface area contributed by atoms with Gasteiger partial charge in [0.1, 0.15) is 0 Å². The van der Waals surface area contributed by atoms with Crippen LogP contribution < -0.4 is 5.73 Å². The summed E-state index contributed by atoms with van der Waals surface area (Å²) in [4.78, 5) is 31.3. The molecular formula is C10H14N4O5S. The van der Waals surface area contributed by atoms with Gasteiger partial charge in [-0.3, -0.25) is 0 Å². The van der Waals surface area contributed by atoms with Gasteiger partial charge in [-0.15, -0.1) is 0 Å². The van der Waals surface area contributed by atoms with E-state index in [0.717, 1.165) is 11.5 Å². The molecule has 0 unspecified atom stereocenters. The number of carbonyl (C=O) groups is 2. The van der Waals surface area contributed by atoms with Crippen molar-refractivity contribution in [2.45, 2.75) is 26.4 Å². The molecule has 0 aliphatic carbocycles.